The SMILES string of the molecule is COc1ccc(NC(=O)c2cc([N+](=O)[O-])cc([N+](=O)[O-])c2C)cc1Cl. The number of hydrogen-bond donors (Lipinski definition) is 1. The second-order valence-electron chi connectivity index (χ2n) is 4.96. The van der Waals surface area contributed by atoms with E-state index in [2.05, 4.69) is 5.32 Å². The fourth-order valence-corrected chi connectivity index (χ4v) is 2.42. The highest BCUT2D eigenvalue weighted by Gasteiger charge is 2.24. The van der Waals surface area contributed by atoms with Crippen molar-refractivity contribution in [3.63, 3.8) is 0 Å². The van der Waals surface area contributed by atoms with Crippen molar-refractivity contribution in [2.45, 2.75) is 6.92 Å². The van der Waals surface area contributed by atoms with E-state index in [9.17, 15) is 25.0 Å². The van der Waals surface area contributed by atoms with Crippen molar-refractivity contribution < 1.29 is 19.4 Å². The minimum Gasteiger partial charge on any atom is -0.495 e. The van der Waals surface area contributed by atoms with Gasteiger partial charge in [-0.2, -0.15) is 0 Å². The molecule has 0 radical (unpaired) electrons. The molecule has 10 heteroatoms. The summed E-state index contributed by atoms with van der Waals surface area (Å²) < 4.78 is 5.00. The molecule has 0 unspecified atom stereocenters. The lowest BCUT2D eigenvalue weighted by atomic mass is 10.0. The molecule has 0 aliphatic carbocycles. The Morgan fingerprint density at radius 3 is 2.36 bits per heavy atom. The van der Waals surface area contributed by atoms with Crippen LogP contribution in [0.3, 0.4) is 0 Å². The molecule has 0 aliphatic heterocycles. The zero-order chi connectivity index (χ0) is 18.7. The molecule has 130 valence electrons. The summed E-state index contributed by atoms with van der Waals surface area (Å²) in [6.07, 6.45) is 0. The van der Waals surface area contributed by atoms with E-state index >= 15 is 0 Å². The van der Waals surface area contributed by atoms with Crippen LogP contribution >= 0.6 is 11.6 Å². The second-order valence-corrected chi connectivity index (χ2v) is 5.36. The van der Waals surface area contributed by atoms with E-state index < -0.39 is 27.1 Å². The van der Waals surface area contributed by atoms with Gasteiger partial charge in [-0.05, 0) is 25.1 Å². The van der Waals surface area contributed by atoms with Crippen LogP contribution in [-0.2, 0) is 0 Å². The fourth-order valence-electron chi connectivity index (χ4n) is 2.16. The van der Waals surface area contributed by atoms with Crippen LogP contribution in [0.25, 0.3) is 0 Å². The van der Waals surface area contributed by atoms with Crippen molar-refractivity contribution in [2.24, 2.45) is 0 Å². The summed E-state index contributed by atoms with van der Waals surface area (Å²) in [4.78, 5) is 32.9. The Labute approximate surface area is 146 Å². The number of nitro benzene ring substituents is 2. The zero-order valence-electron chi connectivity index (χ0n) is 13.1. The van der Waals surface area contributed by atoms with Gasteiger partial charge in [-0.3, -0.25) is 25.0 Å². The van der Waals surface area contributed by atoms with Gasteiger partial charge >= 0.3 is 0 Å². The second kappa shape index (κ2) is 7.14. The molecular weight excluding hydrogens is 354 g/mol. The lowest BCUT2D eigenvalue weighted by molar-refractivity contribution is -0.394. The van der Waals surface area contributed by atoms with Crippen LogP contribution in [0.2, 0.25) is 5.02 Å². The minimum absolute atomic E-state index is 0.0210. The van der Waals surface area contributed by atoms with Gasteiger partial charge in [0, 0.05) is 17.3 Å². The summed E-state index contributed by atoms with van der Waals surface area (Å²) in [5, 5.41) is 24.8. The van der Waals surface area contributed by atoms with Crippen molar-refractivity contribution in [1.29, 1.82) is 0 Å². The van der Waals surface area contributed by atoms with Gasteiger partial charge in [-0.15, -0.1) is 0 Å². The number of anilines is 1. The highest BCUT2D eigenvalue weighted by Crippen LogP contribution is 2.30. The minimum atomic E-state index is -0.798. The van der Waals surface area contributed by atoms with Crippen LogP contribution in [0.15, 0.2) is 30.3 Å². The van der Waals surface area contributed by atoms with Crippen LogP contribution in [-0.4, -0.2) is 22.9 Å². The molecule has 0 heterocycles. The van der Waals surface area contributed by atoms with Gasteiger partial charge in [-0.1, -0.05) is 11.6 Å². The van der Waals surface area contributed by atoms with Gasteiger partial charge in [-0.25, -0.2) is 0 Å². The summed E-state index contributed by atoms with van der Waals surface area (Å²) in [6.45, 7) is 1.35. The Morgan fingerprint density at radius 1 is 1.16 bits per heavy atom. The Bertz CT molecular complexity index is 884. The van der Waals surface area contributed by atoms with Gasteiger partial charge in [0.05, 0.1) is 33.6 Å². The number of carbonyl (C=O) groups excluding carboxylic acids is 1. The molecule has 25 heavy (non-hydrogen) atoms. The zero-order valence-corrected chi connectivity index (χ0v) is 13.9. The third-order valence-electron chi connectivity index (χ3n) is 3.43. The van der Waals surface area contributed by atoms with Crippen LogP contribution in [0.5, 0.6) is 5.75 Å². The number of nitrogens with one attached hydrogen (secondary N) is 1. The Kier molecular flexibility index (Phi) is 5.18. The number of benzene rings is 2. The van der Waals surface area contributed by atoms with Crippen molar-refractivity contribution in [3.05, 3.63) is 66.7 Å². The predicted molar refractivity (Wildman–Crippen MR) is 90.4 cm³/mol. The van der Waals surface area contributed by atoms with E-state index in [1.54, 1.807) is 0 Å². The molecule has 2 aromatic rings. The number of hydrogen-bond acceptors (Lipinski definition) is 6. The molecular formula is C15H12ClN3O6. The van der Waals surface area contributed by atoms with Crippen LogP contribution < -0.4 is 10.1 Å². The van der Waals surface area contributed by atoms with E-state index in [0.29, 0.717) is 11.4 Å². The van der Waals surface area contributed by atoms with E-state index in [1.807, 2.05) is 0 Å². The maximum Gasteiger partial charge on any atom is 0.279 e. The standard InChI is InChI=1S/C15H12ClN3O6/c1-8-11(6-10(18(21)22)7-13(8)19(23)24)15(20)17-9-3-4-14(25-2)12(16)5-9/h3-7H,1-2H3,(H,17,20). The van der Waals surface area contributed by atoms with Gasteiger partial charge in [0.2, 0.25) is 0 Å². The molecule has 0 fully saturated rings. The first-order valence-electron chi connectivity index (χ1n) is 6.83. The molecule has 0 aromatic heterocycles. The molecule has 0 spiro atoms. The summed E-state index contributed by atoms with van der Waals surface area (Å²) in [7, 11) is 1.44. The normalized spacial score (nSPS) is 10.2. The van der Waals surface area contributed by atoms with Crippen molar-refractivity contribution in [3.8, 4) is 5.75 Å². The number of non-ortho nitro benzene ring substituents is 1. The van der Waals surface area contributed by atoms with Crippen molar-refractivity contribution in [2.75, 3.05) is 12.4 Å². The number of nitro groups is 2. The number of nitrogens with zero attached hydrogens (tertiary/aromatic N) is 2. The maximum atomic E-state index is 12.4. The van der Waals surface area contributed by atoms with Gasteiger partial charge in [0.25, 0.3) is 17.3 Å². The maximum absolute atomic E-state index is 12.4. The molecule has 1 amide bonds. The lowest BCUT2D eigenvalue weighted by Crippen LogP contribution is -2.14. The molecule has 0 aliphatic rings. The first kappa shape index (κ1) is 18.1. The summed E-state index contributed by atoms with van der Waals surface area (Å²) in [5.41, 5.74) is -0.896. The lowest BCUT2D eigenvalue weighted by Gasteiger charge is -2.10. The van der Waals surface area contributed by atoms with Crippen molar-refractivity contribution >= 4 is 34.6 Å². The Morgan fingerprint density at radius 2 is 1.84 bits per heavy atom. The molecule has 0 saturated heterocycles. The fraction of sp³-hybridized carbons (Fsp3) is 0.133. The van der Waals surface area contributed by atoms with E-state index in [0.717, 1.165) is 12.1 Å². The molecule has 2 aromatic carbocycles. The first-order chi connectivity index (χ1) is 11.7. The van der Waals surface area contributed by atoms with E-state index in [4.69, 9.17) is 16.3 Å². The third kappa shape index (κ3) is 3.83. The quantitative estimate of drug-likeness (QED) is 0.635. The highest BCUT2D eigenvalue weighted by atomic mass is 35.5. The molecule has 0 saturated carbocycles. The summed E-state index contributed by atoms with van der Waals surface area (Å²) in [5.74, 6) is -0.327. The number of amides is 1. The number of carbonyl (C=O) groups is 1. The van der Waals surface area contributed by atoms with Gasteiger partial charge in [0.1, 0.15) is 5.75 Å². The third-order valence-corrected chi connectivity index (χ3v) is 3.72. The topological polar surface area (TPSA) is 125 Å². The Hall–Kier alpha value is -3.20. The number of ether oxygens (including phenoxy) is 1. The molecule has 0 atom stereocenters. The molecule has 2 rings (SSSR count). The Balaban J connectivity index is 2.43. The number of methoxy groups -OCH3 is 1. The van der Waals surface area contributed by atoms with Crippen LogP contribution in [0.1, 0.15) is 15.9 Å². The number of rotatable bonds is 5. The summed E-state index contributed by atoms with van der Waals surface area (Å²) in [6, 6.07) is 6.28. The highest BCUT2D eigenvalue weighted by molar-refractivity contribution is 6.32. The summed E-state index contributed by atoms with van der Waals surface area (Å²) >= 11 is 5.97. The smallest absolute Gasteiger partial charge is 0.279 e. The average molecular weight is 366 g/mol. The van der Waals surface area contributed by atoms with Crippen LogP contribution in [0, 0.1) is 27.2 Å². The molecule has 9 nitrogen and oxygen atoms in total. The first-order valence-corrected chi connectivity index (χ1v) is 7.20. The van der Waals surface area contributed by atoms with Crippen LogP contribution in [0.4, 0.5) is 17.1 Å². The van der Waals surface area contributed by atoms with Gasteiger partial charge < -0.3 is 10.1 Å². The van der Waals surface area contributed by atoms with Gasteiger partial charge in [0.15, 0.2) is 0 Å². The largest absolute Gasteiger partial charge is 0.495 e. The van der Waals surface area contributed by atoms with E-state index in [1.165, 1.54) is 32.2 Å². The number of halogens is 1. The monoisotopic (exact) mass is 365 g/mol. The van der Waals surface area contributed by atoms with E-state index in [-0.39, 0.29) is 16.1 Å². The van der Waals surface area contributed by atoms with Crippen molar-refractivity contribution in [1.82, 2.24) is 0 Å². The average Bonchev–Trinajstić information content (AvgIpc) is 2.54. The molecule has 1 N–H and O–H groups in total. The molecule has 0 bridgehead atoms. The predicted octanol–water partition coefficient (Wildman–Crippen LogP) is 3.73.